The second-order valence-electron chi connectivity index (χ2n) is 7.50. The van der Waals surface area contributed by atoms with Crippen LogP contribution in [-0.2, 0) is 4.57 Å². The van der Waals surface area contributed by atoms with Gasteiger partial charge in [-0.15, -0.1) is 0 Å². The van der Waals surface area contributed by atoms with Crippen LogP contribution in [0.1, 0.15) is 85.3 Å². The van der Waals surface area contributed by atoms with Gasteiger partial charge in [-0.2, -0.15) is 0 Å². The van der Waals surface area contributed by atoms with Crippen molar-refractivity contribution in [1.82, 2.24) is 0 Å². The Hall–Kier alpha value is -1.01. The van der Waals surface area contributed by atoms with Crippen LogP contribution < -0.4 is 0 Å². The molecule has 1 saturated carbocycles. The van der Waals surface area contributed by atoms with E-state index in [-0.39, 0.29) is 5.78 Å². The fourth-order valence-electron chi connectivity index (χ4n) is 4.22. The van der Waals surface area contributed by atoms with Gasteiger partial charge in [0.1, 0.15) is 5.16 Å². The fraction of sp³-hybridized carbons (Fsp3) is 0.667. The number of aryl methyl sites for hydroxylation is 3. The van der Waals surface area contributed by atoms with Crippen molar-refractivity contribution in [2.24, 2.45) is 0 Å². The van der Waals surface area contributed by atoms with Crippen molar-refractivity contribution >= 4 is 13.6 Å². The summed E-state index contributed by atoms with van der Waals surface area (Å²) in [5.74, 6) is 0.159. The Morgan fingerprint density at radius 2 is 1.62 bits per heavy atom. The summed E-state index contributed by atoms with van der Waals surface area (Å²) in [5.41, 5.74) is 4.10. The highest BCUT2D eigenvalue weighted by molar-refractivity contribution is 7.48. The fourth-order valence-corrected chi connectivity index (χ4v) is 6.31. The lowest BCUT2D eigenvalue weighted by Gasteiger charge is -2.28. The van der Waals surface area contributed by atoms with Gasteiger partial charge in [0.25, 0.3) is 0 Å². The topological polar surface area (TPSA) is 34.1 Å². The number of ketones is 1. The first-order valence-corrected chi connectivity index (χ1v) is 10.9. The summed E-state index contributed by atoms with van der Waals surface area (Å²) in [6.45, 7) is 8.28. The van der Waals surface area contributed by atoms with Gasteiger partial charge in [0, 0.05) is 11.7 Å². The van der Waals surface area contributed by atoms with Crippen LogP contribution in [0.25, 0.3) is 0 Å². The van der Waals surface area contributed by atoms with Crippen molar-refractivity contribution < 1.29 is 9.36 Å². The van der Waals surface area contributed by atoms with Crippen molar-refractivity contribution in [3.63, 3.8) is 0 Å². The first kappa shape index (κ1) is 19.3. The van der Waals surface area contributed by atoms with E-state index in [1.165, 1.54) is 18.4 Å². The van der Waals surface area contributed by atoms with E-state index in [9.17, 15) is 9.36 Å². The standard InChI is InChI=1S/C21H32O2P/c1-5-6-7-10-13-24(23)21(11-8-9-12-21)20(22)19-17(3)14-16(2)15-18(19)4/h14-15H,5-13H2,1-4H3. The van der Waals surface area contributed by atoms with E-state index < -0.39 is 13.0 Å². The van der Waals surface area contributed by atoms with E-state index >= 15 is 0 Å². The lowest BCUT2D eigenvalue weighted by Crippen LogP contribution is -2.33. The summed E-state index contributed by atoms with van der Waals surface area (Å²) in [6.07, 6.45) is 8.89. The molecular weight excluding hydrogens is 315 g/mol. The molecule has 0 N–H and O–H groups in total. The highest BCUT2D eigenvalue weighted by atomic mass is 31.1. The molecule has 0 saturated heterocycles. The molecule has 1 aliphatic carbocycles. The van der Waals surface area contributed by atoms with E-state index in [0.29, 0.717) is 6.16 Å². The van der Waals surface area contributed by atoms with Gasteiger partial charge in [-0.3, -0.25) is 9.36 Å². The molecule has 0 amide bonds. The normalized spacial score (nSPS) is 17.1. The summed E-state index contributed by atoms with van der Waals surface area (Å²) in [6, 6.07) is 4.16. The van der Waals surface area contributed by atoms with Gasteiger partial charge in [-0.05, 0) is 51.2 Å². The smallest absolute Gasteiger partial charge is 0.180 e. The van der Waals surface area contributed by atoms with Crippen LogP contribution >= 0.6 is 7.80 Å². The molecule has 1 fully saturated rings. The number of rotatable bonds is 8. The first-order valence-electron chi connectivity index (χ1n) is 9.50. The molecule has 0 aromatic heterocycles. The number of unbranched alkanes of at least 4 members (excludes halogenated alkanes) is 3. The van der Waals surface area contributed by atoms with Gasteiger partial charge < -0.3 is 0 Å². The van der Waals surface area contributed by atoms with Gasteiger partial charge in [-0.1, -0.05) is 56.7 Å². The quantitative estimate of drug-likeness (QED) is 0.305. The summed E-state index contributed by atoms with van der Waals surface area (Å²) < 4.78 is 13.2. The van der Waals surface area contributed by atoms with E-state index in [0.717, 1.165) is 55.2 Å². The average Bonchev–Trinajstić information content (AvgIpc) is 3.01. The Bertz CT molecular complexity index is 589. The van der Waals surface area contributed by atoms with Crippen LogP contribution in [0.15, 0.2) is 12.1 Å². The van der Waals surface area contributed by atoms with Crippen LogP contribution in [0.4, 0.5) is 0 Å². The number of carbonyl (C=O) groups excluding carboxylic acids is 1. The lowest BCUT2D eigenvalue weighted by molar-refractivity contribution is 0.0939. The molecule has 1 aliphatic rings. The molecule has 1 aromatic rings. The SMILES string of the molecule is CCCCCC[P](=O)C1(C(=O)c2c(C)cc(C)cc2C)CCCC1. The molecule has 1 radical (unpaired) electrons. The van der Waals surface area contributed by atoms with Crippen LogP contribution in [0.2, 0.25) is 0 Å². The molecule has 1 atom stereocenters. The summed E-state index contributed by atoms with van der Waals surface area (Å²) in [7, 11) is -1.48. The molecule has 0 aliphatic heterocycles. The molecule has 1 aromatic carbocycles. The third-order valence-electron chi connectivity index (χ3n) is 5.45. The predicted molar refractivity (Wildman–Crippen MR) is 103 cm³/mol. The molecule has 133 valence electrons. The Kier molecular flexibility index (Phi) is 6.75. The number of hydrogen-bond acceptors (Lipinski definition) is 2. The molecule has 2 rings (SSSR count). The Morgan fingerprint density at radius 1 is 1.04 bits per heavy atom. The lowest BCUT2D eigenvalue weighted by atomic mass is 9.88. The highest BCUT2D eigenvalue weighted by Gasteiger charge is 2.47. The highest BCUT2D eigenvalue weighted by Crippen LogP contribution is 2.53. The zero-order chi connectivity index (χ0) is 17.7. The van der Waals surface area contributed by atoms with Crippen LogP contribution in [0.5, 0.6) is 0 Å². The van der Waals surface area contributed by atoms with Crippen LogP contribution in [-0.4, -0.2) is 17.1 Å². The monoisotopic (exact) mass is 347 g/mol. The second-order valence-corrected chi connectivity index (χ2v) is 9.56. The largest absolute Gasteiger partial charge is 0.293 e. The Balaban J connectivity index is 2.27. The van der Waals surface area contributed by atoms with Crippen molar-refractivity contribution in [3.05, 3.63) is 34.4 Å². The van der Waals surface area contributed by atoms with Crippen molar-refractivity contribution in [1.29, 1.82) is 0 Å². The van der Waals surface area contributed by atoms with Gasteiger partial charge in [0.2, 0.25) is 0 Å². The minimum atomic E-state index is -1.48. The van der Waals surface area contributed by atoms with E-state index in [4.69, 9.17) is 0 Å². The molecule has 0 bridgehead atoms. The summed E-state index contributed by atoms with van der Waals surface area (Å²) in [5, 5.41) is -0.591. The summed E-state index contributed by atoms with van der Waals surface area (Å²) in [4.78, 5) is 13.5. The molecule has 3 heteroatoms. The number of benzene rings is 1. The number of Topliss-reactive ketones (excluding diaryl/α,β-unsaturated/α-hetero) is 1. The minimum absolute atomic E-state index is 0.159. The van der Waals surface area contributed by atoms with Gasteiger partial charge in [0.05, 0.1) is 7.80 Å². The zero-order valence-electron chi connectivity index (χ0n) is 15.8. The van der Waals surface area contributed by atoms with Gasteiger partial charge in [0.15, 0.2) is 5.78 Å². The predicted octanol–water partition coefficient (Wildman–Crippen LogP) is 6.52. The second kappa shape index (κ2) is 8.39. The maximum atomic E-state index is 13.5. The maximum absolute atomic E-state index is 13.5. The Morgan fingerprint density at radius 3 is 2.17 bits per heavy atom. The minimum Gasteiger partial charge on any atom is -0.293 e. The molecule has 0 heterocycles. The molecule has 2 nitrogen and oxygen atoms in total. The zero-order valence-corrected chi connectivity index (χ0v) is 16.7. The van der Waals surface area contributed by atoms with Crippen molar-refractivity contribution in [2.45, 2.75) is 84.2 Å². The molecular formula is C21H32O2P. The van der Waals surface area contributed by atoms with Gasteiger partial charge in [-0.25, -0.2) is 0 Å². The molecule has 24 heavy (non-hydrogen) atoms. The van der Waals surface area contributed by atoms with Crippen molar-refractivity contribution in [2.75, 3.05) is 6.16 Å². The average molecular weight is 347 g/mol. The van der Waals surface area contributed by atoms with Gasteiger partial charge >= 0.3 is 0 Å². The maximum Gasteiger partial charge on any atom is 0.180 e. The molecule has 1 unspecified atom stereocenters. The number of hydrogen-bond donors (Lipinski definition) is 0. The van der Waals surface area contributed by atoms with Crippen molar-refractivity contribution in [3.8, 4) is 0 Å². The third-order valence-corrected chi connectivity index (χ3v) is 7.78. The molecule has 0 spiro atoms. The van der Waals surface area contributed by atoms with E-state index in [1.807, 2.05) is 13.8 Å². The van der Waals surface area contributed by atoms with E-state index in [2.05, 4.69) is 26.0 Å². The summed E-state index contributed by atoms with van der Waals surface area (Å²) >= 11 is 0. The van der Waals surface area contributed by atoms with E-state index in [1.54, 1.807) is 0 Å². The first-order chi connectivity index (χ1) is 11.4. The third kappa shape index (κ3) is 3.97. The van der Waals surface area contributed by atoms with Crippen LogP contribution in [0, 0.1) is 20.8 Å². The Labute approximate surface area is 148 Å². The van der Waals surface area contributed by atoms with Crippen LogP contribution in [0.3, 0.4) is 0 Å². The number of carbonyl (C=O) groups is 1.